The van der Waals surface area contributed by atoms with Gasteiger partial charge in [0.05, 0.1) is 0 Å². The summed E-state index contributed by atoms with van der Waals surface area (Å²) >= 11 is 0. The molecule has 0 saturated heterocycles. The van der Waals surface area contributed by atoms with E-state index in [-0.39, 0.29) is 55.0 Å². The van der Waals surface area contributed by atoms with Crippen molar-refractivity contribution >= 4 is 42.3 Å². The summed E-state index contributed by atoms with van der Waals surface area (Å²) in [7, 11) is 0. The van der Waals surface area contributed by atoms with E-state index in [0.717, 1.165) is 0 Å². The Balaban J connectivity index is 0. The van der Waals surface area contributed by atoms with Crippen LogP contribution >= 0.6 is 24.8 Å². The number of rotatable bonds is 6. The zero-order valence-electron chi connectivity index (χ0n) is 12.0. The molecule has 0 aliphatic carbocycles. The largest absolute Gasteiger partial charge is 0.355 e. The molecule has 0 saturated carbocycles. The summed E-state index contributed by atoms with van der Waals surface area (Å²) < 4.78 is 0. The highest BCUT2D eigenvalue weighted by Crippen LogP contribution is 2.03. The maximum absolute atomic E-state index is 11.6. The summed E-state index contributed by atoms with van der Waals surface area (Å²) in [5, 5.41) is 5.40. The van der Waals surface area contributed by atoms with Gasteiger partial charge in [0.1, 0.15) is 0 Å². The Kier molecular flexibility index (Phi) is 11.8. The van der Waals surface area contributed by atoms with E-state index in [4.69, 9.17) is 5.73 Å². The quantitative estimate of drug-likeness (QED) is 0.730. The van der Waals surface area contributed by atoms with Gasteiger partial charge < -0.3 is 16.4 Å². The number of pyridine rings is 1. The van der Waals surface area contributed by atoms with E-state index in [1.165, 1.54) is 0 Å². The van der Waals surface area contributed by atoms with Crippen molar-refractivity contribution in [3.8, 4) is 0 Å². The van der Waals surface area contributed by atoms with Gasteiger partial charge in [0, 0.05) is 43.0 Å². The number of aromatic nitrogens is 1. The molecule has 0 aliphatic rings. The Labute approximate surface area is 137 Å². The third-order valence-electron chi connectivity index (χ3n) is 2.82. The van der Waals surface area contributed by atoms with Gasteiger partial charge in [-0.25, -0.2) is 0 Å². The highest BCUT2D eigenvalue weighted by molar-refractivity contribution is 5.91. The molecule has 0 radical (unpaired) electrons. The van der Waals surface area contributed by atoms with Gasteiger partial charge in [-0.15, -0.1) is 24.8 Å². The molecule has 0 aliphatic heterocycles. The lowest BCUT2D eigenvalue weighted by atomic mass is 10.0. The highest BCUT2D eigenvalue weighted by Gasteiger charge is 2.16. The molecule has 4 N–H and O–H groups in total. The van der Waals surface area contributed by atoms with Crippen LogP contribution < -0.4 is 16.4 Å². The number of carbonyl (C=O) groups is 2. The van der Waals surface area contributed by atoms with Crippen molar-refractivity contribution in [3.63, 3.8) is 0 Å². The fraction of sp³-hybridized carbons (Fsp3) is 0.462. The lowest BCUT2D eigenvalue weighted by molar-refractivity contribution is -0.125. The fourth-order valence-corrected chi connectivity index (χ4v) is 1.36. The van der Waals surface area contributed by atoms with Gasteiger partial charge in [-0.3, -0.25) is 14.6 Å². The van der Waals surface area contributed by atoms with Crippen molar-refractivity contribution in [3.05, 3.63) is 24.5 Å². The molecular weight excluding hydrogens is 315 g/mol. The van der Waals surface area contributed by atoms with E-state index in [1.807, 2.05) is 0 Å². The summed E-state index contributed by atoms with van der Waals surface area (Å²) in [6.45, 7) is 3.84. The Morgan fingerprint density at radius 1 is 1.24 bits per heavy atom. The molecule has 1 rings (SSSR count). The Hall–Kier alpha value is -1.37. The molecule has 1 aromatic rings. The number of hydrogen-bond acceptors (Lipinski definition) is 4. The van der Waals surface area contributed by atoms with E-state index < -0.39 is 0 Å². The average molecular weight is 337 g/mol. The molecule has 6 nitrogen and oxygen atoms in total. The van der Waals surface area contributed by atoms with Gasteiger partial charge in [0.25, 0.3) is 0 Å². The maximum Gasteiger partial charge on any atom is 0.226 e. The van der Waals surface area contributed by atoms with Crippen molar-refractivity contribution in [1.82, 2.24) is 10.3 Å². The minimum Gasteiger partial charge on any atom is -0.355 e. The zero-order chi connectivity index (χ0) is 14.3. The molecular formula is C13H22Cl2N4O2. The van der Waals surface area contributed by atoms with Crippen LogP contribution in [-0.4, -0.2) is 29.4 Å². The third-order valence-corrected chi connectivity index (χ3v) is 2.82. The number of nitrogens with two attached hydrogens (primary N) is 1. The van der Waals surface area contributed by atoms with Gasteiger partial charge in [-0.05, 0) is 19.1 Å². The summed E-state index contributed by atoms with van der Waals surface area (Å²) in [5.41, 5.74) is 6.31. The van der Waals surface area contributed by atoms with Crippen molar-refractivity contribution in [2.24, 2.45) is 11.7 Å². The maximum atomic E-state index is 11.6. The number of nitrogens with zero attached hydrogens (tertiary/aromatic N) is 1. The first-order chi connectivity index (χ1) is 9.00. The van der Waals surface area contributed by atoms with Gasteiger partial charge in [-0.2, -0.15) is 0 Å². The monoisotopic (exact) mass is 336 g/mol. The number of halogens is 2. The fourth-order valence-electron chi connectivity index (χ4n) is 1.36. The lowest BCUT2D eigenvalue weighted by Gasteiger charge is -2.15. The van der Waals surface area contributed by atoms with Crippen molar-refractivity contribution < 1.29 is 9.59 Å². The number of carbonyl (C=O) groups excluding carboxylic acids is 2. The van der Waals surface area contributed by atoms with Crippen LogP contribution in [0.4, 0.5) is 5.69 Å². The summed E-state index contributed by atoms with van der Waals surface area (Å²) in [6, 6.07) is 3.20. The zero-order valence-corrected chi connectivity index (χ0v) is 13.7. The molecule has 2 atom stereocenters. The molecule has 2 unspecified atom stereocenters. The number of hydrogen-bond donors (Lipinski definition) is 3. The normalized spacial score (nSPS) is 12.1. The first-order valence-electron chi connectivity index (χ1n) is 6.24. The Morgan fingerprint density at radius 3 is 2.33 bits per heavy atom. The summed E-state index contributed by atoms with van der Waals surface area (Å²) in [6.07, 6.45) is 3.42. The minimum absolute atomic E-state index is 0. The Morgan fingerprint density at radius 2 is 1.81 bits per heavy atom. The van der Waals surface area contributed by atoms with Crippen LogP contribution in [0, 0.1) is 5.92 Å². The second-order valence-electron chi connectivity index (χ2n) is 4.47. The third kappa shape index (κ3) is 8.49. The van der Waals surface area contributed by atoms with Crippen molar-refractivity contribution in [2.45, 2.75) is 26.3 Å². The molecule has 1 aromatic heterocycles. The van der Waals surface area contributed by atoms with Gasteiger partial charge in [0.15, 0.2) is 0 Å². The molecule has 0 aromatic carbocycles. The standard InChI is InChI=1S/C13H20N4O2.2ClH/c1-9(10(2)14)13(19)16-8-5-12(18)17-11-3-6-15-7-4-11;;/h3-4,6-7,9-10H,5,8,14H2,1-2H3,(H,16,19)(H,15,17,18);2*1H. The second kappa shape index (κ2) is 11.3. The molecule has 2 amide bonds. The van der Waals surface area contributed by atoms with E-state index in [1.54, 1.807) is 38.4 Å². The predicted octanol–water partition coefficient (Wildman–Crippen LogP) is 1.35. The van der Waals surface area contributed by atoms with Gasteiger partial charge >= 0.3 is 0 Å². The lowest BCUT2D eigenvalue weighted by Crippen LogP contribution is -2.39. The number of anilines is 1. The second-order valence-corrected chi connectivity index (χ2v) is 4.47. The molecule has 120 valence electrons. The Bertz CT molecular complexity index is 429. The van der Waals surface area contributed by atoms with E-state index in [0.29, 0.717) is 12.2 Å². The minimum atomic E-state index is -0.261. The van der Waals surface area contributed by atoms with Crippen LogP contribution in [0.15, 0.2) is 24.5 Å². The number of amides is 2. The van der Waals surface area contributed by atoms with Crippen LogP contribution in [0.5, 0.6) is 0 Å². The predicted molar refractivity (Wildman–Crippen MR) is 87.8 cm³/mol. The first kappa shape index (κ1) is 21.9. The molecule has 0 spiro atoms. The first-order valence-corrected chi connectivity index (χ1v) is 6.24. The topological polar surface area (TPSA) is 97.1 Å². The van der Waals surface area contributed by atoms with Gasteiger partial charge in [0.2, 0.25) is 11.8 Å². The molecule has 0 bridgehead atoms. The van der Waals surface area contributed by atoms with Crippen LogP contribution in [0.2, 0.25) is 0 Å². The SMILES string of the molecule is CC(N)C(C)C(=O)NCCC(=O)Nc1ccncc1.Cl.Cl. The molecule has 1 heterocycles. The van der Waals surface area contributed by atoms with Gasteiger partial charge in [-0.1, -0.05) is 6.92 Å². The van der Waals surface area contributed by atoms with E-state index in [9.17, 15) is 9.59 Å². The van der Waals surface area contributed by atoms with E-state index in [2.05, 4.69) is 15.6 Å². The number of nitrogens with one attached hydrogen (secondary N) is 2. The van der Waals surface area contributed by atoms with Crippen LogP contribution in [0.25, 0.3) is 0 Å². The summed E-state index contributed by atoms with van der Waals surface area (Å²) in [5.74, 6) is -0.546. The van der Waals surface area contributed by atoms with Crippen molar-refractivity contribution in [1.29, 1.82) is 0 Å². The van der Waals surface area contributed by atoms with E-state index >= 15 is 0 Å². The average Bonchev–Trinajstić information content (AvgIpc) is 2.38. The van der Waals surface area contributed by atoms with Crippen LogP contribution in [-0.2, 0) is 9.59 Å². The van der Waals surface area contributed by atoms with Crippen LogP contribution in [0.1, 0.15) is 20.3 Å². The molecule has 21 heavy (non-hydrogen) atoms. The molecule has 0 fully saturated rings. The highest BCUT2D eigenvalue weighted by atomic mass is 35.5. The smallest absolute Gasteiger partial charge is 0.226 e. The van der Waals surface area contributed by atoms with Crippen LogP contribution in [0.3, 0.4) is 0 Å². The van der Waals surface area contributed by atoms with Crippen molar-refractivity contribution in [2.75, 3.05) is 11.9 Å². The summed E-state index contributed by atoms with van der Waals surface area (Å²) in [4.78, 5) is 27.0. The molecule has 8 heteroatoms.